The van der Waals surface area contributed by atoms with Gasteiger partial charge in [-0.1, -0.05) is 24.8 Å². The minimum absolute atomic E-state index is 0.465. The number of hydrogen-bond acceptors (Lipinski definition) is 3. The summed E-state index contributed by atoms with van der Waals surface area (Å²) >= 11 is 0. The molecule has 0 unspecified atom stereocenters. The third-order valence-electron chi connectivity index (χ3n) is 5.45. The van der Waals surface area contributed by atoms with Crippen LogP contribution in [0.25, 0.3) is 22.2 Å². The Morgan fingerprint density at radius 1 is 1.00 bits per heavy atom. The van der Waals surface area contributed by atoms with E-state index < -0.39 is 17.2 Å². The van der Waals surface area contributed by atoms with E-state index in [0.717, 1.165) is 23.1 Å². The largest absolute Gasteiger partial charge is 0.484 e. The maximum atomic E-state index is 11.6. The van der Waals surface area contributed by atoms with Crippen LogP contribution in [0.2, 0.25) is 0 Å². The summed E-state index contributed by atoms with van der Waals surface area (Å²) in [5.41, 5.74) is 1.90. The molecule has 0 radical (unpaired) electrons. The fraction of sp³-hybridized carbons (Fsp3) is 0.292. The molecule has 0 saturated heterocycles. The van der Waals surface area contributed by atoms with E-state index in [9.17, 15) is 4.79 Å². The minimum atomic E-state index is -0.827. The lowest BCUT2D eigenvalue weighted by molar-refractivity contribution is -0.170. The van der Waals surface area contributed by atoms with Gasteiger partial charge in [0.05, 0.1) is 0 Å². The number of rotatable bonds is 6. The quantitative estimate of drug-likeness (QED) is 0.420. The zero-order valence-corrected chi connectivity index (χ0v) is 17.2. The monoisotopic (exact) mass is 377 g/mol. The van der Waals surface area contributed by atoms with Crippen molar-refractivity contribution in [3.63, 3.8) is 0 Å². The summed E-state index contributed by atoms with van der Waals surface area (Å²) in [7, 11) is 2.07. The highest BCUT2D eigenvalue weighted by atomic mass is 16.6. The van der Waals surface area contributed by atoms with E-state index in [0.29, 0.717) is 0 Å². The highest BCUT2D eigenvalue weighted by Gasteiger charge is 2.42. The van der Waals surface area contributed by atoms with Crippen molar-refractivity contribution >= 4 is 16.9 Å². The van der Waals surface area contributed by atoms with Crippen LogP contribution in [0.5, 0.6) is 5.75 Å². The topological polar surface area (TPSA) is 40.5 Å². The van der Waals surface area contributed by atoms with E-state index in [1.807, 2.05) is 64.1 Å². The molecule has 1 heterocycles. The Balaban J connectivity index is 1.83. The highest BCUT2D eigenvalue weighted by Crippen LogP contribution is 2.33. The van der Waals surface area contributed by atoms with Crippen LogP contribution in [0, 0.1) is 0 Å². The number of fused-ring (bicyclic) bond motifs is 1. The van der Waals surface area contributed by atoms with E-state index in [1.165, 1.54) is 10.9 Å². The molecule has 0 N–H and O–H groups in total. The molecule has 3 rings (SSSR count). The lowest BCUT2D eigenvalue weighted by Gasteiger charge is -2.40. The van der Waals surface area contributed by atoms with Gasteiger partial charge in [0.25, 0.3) is 0 Å². The molecule has 0 saturated carbocycles. The molecule has 4 heteroatoms. The third kappa shape index (κ3) is 3.68. The number of nitrogens with zero attached hydrogens (tertiary/aromatic N) is 1. The van der Waals surface area contributed by atoms with Crippen LogP contribution in [-0.4, -0.2) is 21.7 Å². The van der Waals surface area contributed by atoms with Gasteiger partial charge in [0.1, 0.15) is 17.0 Å². The number of hydrogen-bond donors (Lipinski definition) is 0. The minimum Gasteiger partial charge on any atom is -0.484 e. The summed E-state index contributed by atoms with van der Waals surface area (Å²) in [5, 5.41) is 1.22. The predicted octanol–water partition coefficient (Wildman–Crippen LogP) is 5.51. The molecule has 1 aromatic heterocycles. The number of aryl methyl sites for hydroxylation is 1. The van der Waals surface area contributed by atoms with Gasteiger partial charge < -0.3 is 14.0 Å². The Morgan fingerprint density at radius 3 is 2.25 bits per heavy atom. The molecule has 146 valence electrons. The smallest absolute Gasteiger partial charge is 0.330 e. The Morgan fingerprint density at radius 2 is 1.64 bits per heavy atom. The van der Waals surface area contributed by atoms with Gasteiger partial charge in [-0.25, -0.2) is 4.79 Å². The van der Waals surface area contributed by atoms with Crippen LogP contribution in [0.1, 0.15) is 27.7 Å². The maximum Gasteiger partial charge on any atom is 0.330 e. The summed E-state index contributed by atoms with van der Waals surface area (Å²) in [6.45, 7) is 10.9. The second kappa shape index (κ2) is 7.19. The molecule has 0 aliphatic rings. The summed E-state index contributed by atoms with van der Waals surface area (Å²) in [6, 6.07) is 18.5. The van der Waals surface area contributed by atoms with Crippen LogP contribution < -0.4 is 4.74 Å². The molecule has 28 heavy (non-hydrogen) atoms. The average Bonchev–Trinajstić information content (AvgIpc) is 2.98. The van der Waals surface area contributed by atoms with Gasteiger partial charge in [-0.3, -0.25) is 0 Å². The molecule has 2 aromatic carbocycles. The van der Waals surface area contributed by atoms with E-state index >= 15 is 0 Å². The highest BCUT2D eigenvalue weighted by molar-refractivity contribution is 5.87. The second-order valence-corrected chi connectivity index (χ2v) is 7.92. The molecule has 0 aliphatic heterocycles. The second-order valence-electron chi connectivity index (χ2n) is 7.92. The van der Waals surface area contributed by atoms with Crippen molar-refractivity contribution in [1.82, 2.24) is 4.57 Å². The summed E-state index contributed by atoms with van der Waals surface area (Å²) in [4.78, 5) is 11.6. The number of carbonyl (C=O) groups is 1. The molecule has 0 fully saturated rings. The number of esters is 1. The summed E-state index contributed by atoms with van der Waals surface area (Å²) in [6.07, 6.45) is 1.16. The SMILES string of the molecule is C=CC(=O)OC(C)(C)C(C)(C)Oc1ccc(-c2cc3ccccc3n2C)cc1. The van der Waals surface area contributed by atoms with Crippen molar-refractivity contribution in [2.24, 2.45) is 7.05 Å². The maximum absolute atomic E-state index is 11.6. The first-order valence-electron chi connectivity index (χ1n) is 9.34. The molecule has 0 amide bonds. The predicted molar refractivity (Wildman–Crippen MR) is 113 cm³/mol. The first-order valence-corrected chi connectivity index (χ1v) is 9.34. The number of benzene rings is 2. The third-order valence-corrected chi connectivity index (χ3v) is 5.45. The number of para-hydroxylation sites is 1. The van der Waals surface area contributed by atoms with Crippen LogP contribution in [0.15, 0.2) is 67.3 Å². The van der Waals surface area contributed by atoms with Crippen LogP contribution >= 0.6 is 0 Å². The lowest BCUT2D eigenvalue weighted by atomic mass is 9.89. The Kier molecular flexibility index (Phi) is 5.07. The molecule has 0 spiro atoms. The average molecular weight is 377 g/mol. The normalized spacial score (nSPS) is 12.0. The van der Waals surface area contributed by atoms with Crippen molar-refractivity contribution in [3.05, 3.63) is 67.3 Å². The molecule has 0 bridgehead atoms. The fourth-order valence-electron chi connectivity index (χ4n) is 3.09. The van der Waals surface area contributed by atoms with Crippen molar-refractivity contribution in [1.29, 1.82) is 0 Å². The van der Waals surface area contributed by atoms with Crippen molar-refractivity contribution in [2.45, 2.75) is 38.9 Å². The number of aromatic nitrogens is 1. The first kappa shape index (κ1) is 19.7. The Hall–Kier alpha value is -3.01. The van der Waals surface area contributed by atoms with Crippen LogP contribution in [-0.2, 0) is 16.6 Å². The van der Waals surface area contributed by atoms with E-state index in [4.69, 9.17) is 9.47 Å². The molecule has 4 nitrogen and oxygen atoms in total. The van der Waals surface area contributed by atoms with Crippen LogP contribution in [0.3, 0.4) is 0 Å². The van der Waals surface area contributed by atoms with E-state index in [-0.39, 0.29) is 0 Å². The van der Waals surface area contributed by atoms with Gasteiger partial charge in [-0.2, -0.15) is 0 Å². The summed E-state index contributed by atoms with van der Waals surface area (Å²) in [5.74, 6) is 0.253. The molecule has 0 atom stereocenters. The van der Waals surface area contributed by atoms with Gasteiger partial charge in [0.2, 0.25) is 0 Å². The van der Waals surface area contributed by atoms with Crippen molar-refractivity contribution < 1.29 is 14.3 Å². The Bertz CT molecular complexity index is 1010. The zero-order valence-electron chi connectivity index (χ0n) is 17.2. The van der Waals surface area contributed by atoms with Gasteiger partial charge in [-0.15, -0.1) is 0 Å². The molecule has 0 aliphatic carbocycles. The zero-order chi connectivity index (χ0) is 20.5. The van der Waals surface area contributed by atoms with Gasteiger partial charge >= 0.3 is 5.97 Å². The first-order chi connectivity index (χ1) is 13.1. The van der Waals surface area contributed by atoms with Crippen LogP contribution in [0.4, 0.5) is 0 Å². The lowest BCUT2D eigenvalue weighted by Crippen LogP contribution is -2.52. The van der Waals surface area contributed by atoms with Gasteiger partial charge in [-0.05, 0) is 69.7 Å². The van der Waals surface area contributed by atoms with Crippen molar-refractivity contribution in [3.8, 4) is 17.0 Å². The Labute approximate surface area is 166 Å². The van der Waals surface area contributed by atoms with E-state index in [2.05, 4.69) is 36.4 Å². The number of ether oxygens (including phenoxy) is 2. The number of carbonyl (C=O) groups excluding carboxylic acids is 1. The molecular formula is C24H27NO3. The van der Waals surface area contributed by atoms with E-state index in [1.54, 1.807) is 0 Å². The van der Waals surface area contributed by atoms with Crippen molar-refractivity contribution in [2.75, 3.05) is 0 Å². The fourth-order valence-corrected chi connectivity index (χ4v) is 3.09. The van der Waals surface area contributed by atoms with Gasteiger partial charge in [0, 0.05) is 29.7 Å². The molecular weight excluding hydrogens is 350 g/mol. The molecule has 3 aromatic rings. The standard InChI is InChI=1S/C24H27NO3/c1-7-22(26)28-24(4,5)23(2,3)27-19-14-12-17(13-15-19)21-16-18-10-8-9-11-20(18)25(21)6/h7-16H,1H2,2-6H3. The van der Waals surface area contributed by atoms with Gasteiger partial charge in [0.15, 0.2) is 0 Å². The summed E-state index contributed by atoms with van der Waals surface area (Å²) < 4.78 is 13.8.